The van der Waals surface area contributed by atoms with Gasteiger partial charge in [0.1, 0.15) is 5.75 Å². The minimum absolute atomic E-state index is 0.0551. The first-order valence-corrected chi connectivity index (χ1v) is 6.99. The number of ether oxygens (including phenoxy) is 1. The van der Waals surface area contributed by atoms with E-state index in [1.807, 2.05) is 23.1 Å². The molecule has 3 N–H and O–H groups in total. The molecular formula is C16H21NO4. The molecule has 1 fully saturated rings. The number of β-amino-alcohol motifs (C(OH)–C–C–N with tert-alkyl or cyclic N) is 2. The van der Waals surface area contributed by atoms with E-state index in [1.54, 1.807) is 7.11 Å². The van der Waals surface area contributed by atoms with Gasteiger partial charge in [0.05, 0.1) is 25.9 Å². The molecule has 2 atom stereocenters. The third-order valence-corrected chi connectivity index (χ3v) is 3.48. The molecule has 5 heteroatoms. The number of benzene rings is 1. The molecule has 5 nitrogen and oxygen atoms in total. The zero-order chi connectivity index (χ0) is 15.2. The number of hydrogen-bond acceptors (Lipinski definition) is 5. The maximum Gasteiger partial charge on any atom is 0.123 e. The topological polar surface area (TPSA) is 73.2 Å². The van der Waals surface area contributed by atoms with E-state index >= 15 is 0 Å². The summed E-state index contributed by atoms with van der Waals surface area (Å²) >= 11 is 0. The van der Waals surface area contributed by atoms with Crippen LogP contribution in [0.3, 0.4) is 0 Å². The highest BCUT2D eigenvalue weighted by Crippen LogP contribution is 2.23. The second-order valence-electron chi connectivity index (χ2n) is 5.13. The van der Waals surface area contributed by atoms with Crippen molar-refractivity contribution in [3.05, 3.63) is 29.3 Å². The number of aliphatic hydroxyl groups excluding tert-OH is 3. The highest BCUT2D eigenvalue weighted by Gasteiger charge is 2.29. The highest BCUT2D eigenvalue weighted by atomic mass is 16.5. The van der Waals surface area contributed by atoms with Crippen LogP contribution in [0, 0.1) is 11.8 Å². The molecule has 0 amide bonds. The van der Waals surface area contributed by atoms with Gasteiger partial charge in [0.2, 0.25) is 0 Å². The lowest BCUT2D eigenvalue weighted by molar-refractivity contribution is 0.0572. The van der Waals surface area contributed by atoms with Crippen LogP contribution in [-0.4, -0.2) is 59.2 Å². The second kappa shape index (κ2) is 7.43. The number of nitrogens with zero attached hydrogens (tertiary/aromatic N) is 1. The number of methoxy groups -OCH3 is 1. The van der Waals surface area contributed by atoms with E-state index in [1.165, 1.54) is 0 Å². The van der Waals surface area contributed by atoms with Gasteiger partial charge in [-0.3, -0.25) is 4.90 Å². The van der Waals surface area contributed by atoms with Gasteiger partial charge >= 0.3 is 0 Å². The Bertz CT molecular complexity index is 525. The van der Waals surface area contributed by atoms with Crippen LogP contribution in [-0.2, 0) is 6.54 Å². The normalized spacial score (nSPS) is 21.9. The van der Waals surface area contributed by atoms with Crippen molar-refractivity contribution < 1.29 is 20.1 Å². The quantitative estimate of drug-likeness (QED) is 0.679. The first-order chi connectivity index (χ1) is 10.1. The first kappa shape index (κ1) is 15.8. The Hall–Kier alpha value is -1.58. The average molecular weight is 291 g/mol. The largest absolute Gasteiger partial charge is 0.496 e. The molecule has 1 aromatic carbocycles. The molecule has 21 heavy (non-hydrogen) atoms. The fraction of sp³-hybridized carbons (Fsp3) is 0.500. The van der Waals surface area contributed by atoms with Crippen molar-refractivity contribution in [2.24, 2.45) is 0 Å². The van der Waals surface area contributed by atoms with Crippen molar-refractivity contribution in [3.63, 3.8) is 0 Å². The summed E-state index contributed by atoms with van der Waals surface area (Å²) in [6.07, 6.45) is -0.932. The van der Waals surface area contributed by atoms with E-state index in [9.17, 15) is 10.2 Å². The summed E-state index contributed by atoms with van der Waals surface area (Å²) in [4.78, 5) is 1.98. The van der Waals surface area contributed by atoms with Gasteiger partial charge in [-0.15, -0.1) is 0 Å². The summed E-state index contributed by atoms with van der Waals surface area (Å²) in [5.41, 5.74) is 1.83. The van der Waals surface area contributed by atoms with Gasteiger partial charge in [-0.2, -0.15) is 0 Å². The van der Waals surface area contributed by atoms with E-state index in [0.717, 1.165) is 16.9 Å². The fourth-order valence-corrected chi connectivity index (χ4v) is 2.42. The van der Waals surface area contributed by atoms with Crippen LogP contribution < -0.4 is 4.74 Å². The molecule has 0 spiro atoms. The SMILES string of the molecule is COc1ccc(C#CCCO)cc1CN1CC(O)C(O)C1. The minimum atomic E-state index is -0.691. The fourth-order valence-electron chi connectivity index (χ4n) is 2.42. The van der Waals surface area contributed by atoms with Gasteiger partial charge in [-0.1, -0.05) is 11.8 Å². The Morgan fingerprint density at radius 2 is 2.00 bits per heavy atom. The Morgan fingerprint density at radius 3 is 2.62 bits per heavy atom. The molecule has 1 aliphatic heterocycles. The number of likely N-dealkylation sites (tertiary alicyclic amines) is 1. The number of rotatable bonds is 4. The Balaban J connectivity index is 2.13. The van der Waals surface area contributed by atoms with Gasteiger partial charge in [0.25, 0.3) is 0 Å². The summed E-state index contributed by atoms with van der Waals surface area (Å²) in [6.45, 7) is 1.54. The van der Waals surface area contributed by atoms with Crippen LogP contribution in [0.4, 0.5) is 0 Å². The highest BCUT2D eigenvalue weighted by molar-refractivity contribution is 5.44. The maximum atomic E-state index is 9.60. The molecule has 1 aromatic rings. The zero-order valence-corrected chi connectivity index (χ0v) is 12.1. The van der Waals surface area contributed by atoms with E-state index < -0.39 is 12.2 Å². The molecule has 0 saturated carbocycles. The third-order valence-electron chi connectivity index (χ3n) is 3.48. The smallest absolute Gasteiger partial charge is 0.123 e. The van der Waals surface area contributed by atoms with Crippen LogP contribution in [0.5, 0.6) is 5.75 Å². The number of hydrogen-bond donors (Lipinski definition) is 3. The average Bonchev–Trinajstić information content (AvgIpc) is 2.78. The zero-order valence-electron chi connectivity index (χ0n) is 12.1. The Kier molecular flexibility index (Phi) is 5.59. The standard InChI is InChI=1S/C16H21NO4/c1-21-16-6-5-12(4-2-3-7-18)8-13(16)9-17-10-14(19)15(20)11-17/h5-6,8,14-15,18-20H,3,7,9-11H2,1H3. The van der Waals surface area contributed by atoms with Crippen LogP contribution in [0.2, 0.25) is 0 Å². The third kappa shape index (κ3) is 4.19. The summed E-state index contributed by atoms with van der Waals surface area (Å²) in [5, 5.41) is 27.9. The summed E-state index contributed by atoms with van der Waals surface area (Å²) < 4.78 is 5.35. The van der Waals surface area contributed by atoms with Crippen LogP contribution in [0.15, 0.2) is 18.2 Å². The van der Waals surface area contributed by atoms with Gasteiger partial charge in [0.15, 0.2) is 0 Å². The predicted molar refractivity (Wildman–Crippen MR) is 78.9 cm³/mol. The molecule has 2 unspecified atom stereocenters. The lowest BCUT2D eigenvalue weighted by Gasteiger charge is -2.17. The molecular weight excluding hydrogens is 270 g/mol. The van der Waals surface area contributed by atoms with E-state index in [-0.39, 0.29) is 6.61 Å². The van der Waals surface area contributed by atoms with Crippen molar-refractivity contribution in [2.75, 3.05) is 26.8 Å². The minimum Gasteiger partial charge on any atom is -0.496 e. The van der Waals surface area contributed by atoms with Gasteiger partial charge < -0.3 is 20.1 Å². The maximum absolute atomic E-state index is 9.60. The summed E-state index contributed by atoms with van der Waals surface area (Å²) in [7, 11) is 1.61. The molecule has 114 valence electrons. The monoisotopic (exact) mass is 291 g/mol. The van der Waals surface area contributed by atoms with Crippen molar-refractivity contribution >= 4 is 0 Å². The van der Waals surface area contributed by atoms with Crippen molar-refractivity contribution in [2.45, 2.75) is 25.2 Å². The molecule has 0 bridgehead atoms. The summed E-state index contributed by atoms with van der Waals surface area (Å²) in [5.74, 6) is 6.65. The Labute approximate surface area is 124 Å². The van der Waals surface area contributed by atoms with Crippen LogP contribution in [0.25, 0.3) is 0 Å². The molecule has 0 aromatic heterocycles. The van der Waals surface area contributed by atoms with E-state index in [2.05, 4.69) is 11.8 Å². The molecule has 0 aliphatic carbocycles. The lowest BCUT2D eigenvalue weighted by atomic mass is 10.1. The number of aliphatic hydroxyl groups is 3. The summed E-state index contributed by atoms with van der Waals surface area (Å²) in [6, 6.07) is 5.68. The lowest BCUT2D eigenvalue weighted by Crippen LogP contribution is -2.22. The molecule has 2 rings (SSSR count). The molecule has 1 heterocycles. The van der Waals surface area contributed by atoms with Crippen LogP contribution in [0.1, 0.15) is 17.5 Å². The van der Waals surface area contributed by atoms with Gasteiger partial charge in [-0.05, 0) is 18.2 Å². The molecule has 1 saturated heterocycles. The van der Waals surface area contributed by atoms with Crippen molar-refractivity contribution in [3.8, 4) is 17.6 Å². The molecule has 0 radical (unpaired) electrons. The molecule has 1 aliphatic rings. The van der Waals surface area contributed by atoms with Gasteiger partial charge in [0, 0.05) is 37.2 Å². The van der Waals surface area contributed by atoms with Crippen molar-refractivity contribution in [1.82, 2.24) is 4.90 Å². The Morgan fingerprint density at radius 1 is 1.29 bits per heavy atom. The first-order valence-electron chi connectivity index (χ1n) is 6.99. The van der Waals surface area contributed by atoms with Crippen LogP contribution >= 0.6 is 0 Å². The van der Waals surface area contributed by atoms with E-state index in [0.29, 0.717) is 26.1 Å². The second-order valence-corrected chi connectivity index (χ2v) is 5.13. The van der Waals surface area contributed by atoms with Crippen molar-refractivity contribution in [1.29, 1.82) is 0 Å². The van der Waals surface area contributed by atoms with E-state index in [4.69, 9.17) is 9.84 Å². The van der Waals surface area contributed by atoms with Gasteiger partial charge in [-0.25, -0.2) is 0 Å². The predicted octanol–water partition coefficient (Wildman–Crippen LogP) is -0.0335.